The van der Waals surface area contributed by atoms with Gasteiger partial charge in [0, 0.05) is 10.7 Å². The summed E-state index contributed by atoms with van der Waals surface area (Å²) in [5.41, 5.74) is 0.119. The maximum absolute atomic E-state index is 12.8. The Morgan fingerprint density at radius 1 is 1.26 bits per heavy atom. The summed E-state index contributed by atoms with van der Waals surface area (Å²) in [6.07, 6.45) is 8.04. The molecule has 0 radical (unpaired) electrons. The first-order valence-electron chi connectivity index (χ1n) is 7.75. The van der Waals surface area contributed by atoms with Gasteiger partial charge >= 0.3 is 5.97 Å². The maximum atomic E-state index is 12.8. The number of ether oxygens (including phenoxy) is 1. The van der Waals surface area contributed by atoms with Gasteiger partial charge in [-0.3, -0.25) is 9.59 Å². The van der Waals surface area contributed by atoms with E-state index in [1.807, 2.05) is 6.07 Å². The maximum Gasteiger partial charge on any atom is 0.310 e. The molecule has 1 N–H and O–H groups in total. The normalized spacial score (nSPS) is 32.1. The molecule has 4 rings (SSSR count). The van der Waals surface area contributed by atoms with Crippen molar-refractivity contribution < 1.29 is 14.3 Å². The predicted molar refractivity (Wildman–Crippen MR) is 87.3 cm³/mol. The van der Waals surface area contributed by atoms with Crippen molar-refractivity contribution in [2.75, 3.05) is 12.4 Å². The molecule has 6 heteroatoms. The third-order valence-electron chi connectivity index (χ3n) is 5.60. The topological polar surface area (TPSA) is 68.3 Å². The summed E-state index contributed by atoms with van der Waals surface area (Å²) in [4.78, 5) is 29.3. The number of carbonyl (C=O) groups is 2. The minimum Gasteiger partial charge on any atom is -0.469 e. The lowest BCUT2D eigenvalue weighted by atomic mass is 9.82. The van der Waals surface area contributed by atoms with Gasteiger partial charge in [-0.2, -0.15) is 0 Å². The number of nitrogens with zero attached hydrogens (tertiary/aromatic N) is 1. The standard InChI is InChI=1S/C17H17BrN2O3/c1-23-16(22)14-11-4-3-10(17(11)6-7-17)13(14)15(21)20-12-5-2-9(18)8-19-12/h2-5,8,10-11,13-14H,6-7H2,1H3,(H,19,20,21)/t10-,11+,13+,14+/m0/s1. The summed E-state index contributed by atoms with van der Waals surface area (Å²) in [5.74, 6) is -0.409. The van der Waals surface area contributed by atoms with Crippen molar-refractivity contribution in [2.24, 2.45) is 29.1 Å². The van der Waals surface area contributed by atoms with Crippen LogP contribution in [-0.4, -0.2) is 24.0 Å². The number of anilines is 1. The fourth-order valence-corrected chi connectivity index (χ4v) is 4.71. The van der Waals surface area contributed by atoms with Gasteiger partial charge in [0.15, 0.2) is 0 Å². The molecular formula is C17H17BrN2O3. The molecule has 120 valence electrons. The molecule has 2 saturated carbocycles. The van der Waals surface area contributed by atoms with E-state index in [9.17, 15) is 9.59 Å². The first kappa shape index (κ1) is 14.9. The van der Waals surface area contributed by atoms with Crippen LogP contribution in [0.15, 0.2) is 35.0 Å². The number of esters is 1. The zero-order valence-electron chi connectivity index (χ0n) is 12.7. The van der Waals surface area contributed by atoms with Gasteiger partial charge in [0.05, 0.1) is 18.9 Å². The Kier molecular flexibility index (Phi) is 3.34. The molecule has 2 fully saturated rings. The van der Waals surface area contributed by atoms with Crippen LogP contribution in [0.2, 0.25) is 0 Å². The first-order chi connectivity index (χ1) is 11.1. The highest BCUT2D eigenvalue weighted by atomic mass is 79.9. The Bertz CT molecular complexity index is 696. The summed E-state index contributed by atoms with van der Waals surface area (Å²) >= 11 is 3.32. The number of carbonyl (C=O) groups excluding carboxylic acids is 2. The van der Waals surface area contributed by atoms with E-state index in [2.05, 4.69) is 38.4 Å². The van der Waals surface area contributed by atoms with Gasteiger partial charge < -0.3 is 10.1 Å². The minimum absolute atomic E-state index is 0.119. The lowest BCUT2D eigenvalue weighted by molar-refractivity contribution is -0.150. The van der Waals surface area contributed by atoms with Crippen LogP contribution < -0.4 is 5.32 Å². The van der Waals surface area contributed by atoms with Gasteiger partial charge in [0.1, 0.15) is 5.82 Å². The molecule has 0 unspecified atom stereocenters. The van der Waals surface area contributed by atoms with Gasteiger partial charge in [-0.1, -0.05) is 12.2 Å². The van der Waals surface area contributed by atoms with E-state index in [1.165, 1.54) is 7.11 Å². The second-order valence-corrected chi connectivity index (χ2v) is 7.51. The first-order valence-corrected chi connectivity index (χ1v) is 8.55. The van der Waals surface area contributed by atoms with Crippen LogP contribution in [0, 0.1) is 29.1 Å². The summed E-state index contributed by atoms with van der Waals surface area (Å²) in [6, 6.07) is 3.56. The highest BCUT2D eigenvalue weighted by molar-refractivity contribution is 9.10. The van der Waals surface area contributed by atoms with Crippen molar-refractivity contribution in [3.63, 3.8) is 0 Å². The highest BCUT2D eigenvalue weighted by Gasteiger charge is 2.70. The molecule has 1 heterocycles. The second kappa shape index (κ2) is 5.16. The number of rotatable bonds is 3. The van der Waals surface area contributed by atoms with Crippen LogP contribution in [-0.2, 0) is 14.3 Å². The third kappa shape index (κ3) is 2.15. The second-order valence-electron chi connectivity index (χ2n) is 6.60. The Hall–Kier alpha value is -1.69. The van der Waals surface area contributed by atoms with Crippen molar-refractivity contribution >= 4 is 33.6 Å². The zero-order valence-corrected chi connectivity index (χ0v) is 14.2. The molecule has 3 aliphatic rings. The largest absolute Gasteiger partial charge is 0.469 e. The van der Waals surface area contributed by atoms with E-state index in [0.717, 1.165) is 17.3 Å². The van der Waals surface area contributed by atoms with Gasteiger partial charge in [-0.15, -0.1) is 0 Å². The van der Waals surface area contributed by atoms with Gasteiger partial charge in [-0.05, 0) is 58.2 Å². The summed E-state index contributed by atoms with van der Waals surface area (Å²) < 4.78 is 5.83. The smallest absolute Gasteiger partial charge is 0.310 e. The fourth-order valence-electron chi connectivity index (χ4n) is 4.47. The molecule has 0 aromatic carbocycles. The van der Waals surface area contributed by atoms with Crippen LogP contribution in [0.4, 0.5) is 5.82 Å². The lowest BCUT2D eigenvalue weighted by Gasteiger charge is -2.24. The van der Waals surface area contributed by atoms with Crippen molar-refractivity contribution in [1.29, 1.82) is 0 Å². The van der Waals surface area contributed by atoms with Crippen LogP contribution >= 0.6 is 15.9 Å². The SMILES string of the molecule is COC(=O)[C@H]1[C@H](C(=O)Nc2ccc(Br)cn2)[C@@H]2C=C[C@H]1C21CC1. The lowest BCUT2D eigenvalue weighted by Crippen LogP contribution is -2.37. The monoisotopic (exact) mass is 376 g/mol. The number of halogens is 1. The summed E-state index contributed by atoms with van der Waals surface area (Å²) in [6.45, 7) is 0. The van der Waals surface area contributed by atoms with Crippen molar-refractivity contribution in [2.45, 2.75) is 12.8 Å². The highest BCUT2D eigenvalue weighted by Crippen LogP contribution is 2.72. The average molecular weight is 377 g/mol. The van der Waals surface area contributed by atoms with Gasteiger partial charge in [-0.25, -0.2) is 4.98 Å². The van der Waals surface area contributed by atoms with Crippen molar-refractivity contribution in [3.8, 4) is 0 Å². The van der Waals surface area contributed by atoms with Crippen molar-refractivity contribution in [3.05, 3.63) is 35.0 Å². The number of allylic oxidation sites excluding steroid dienone is 2. The number of nitrogens with one attached hydrogen (secondary N) is 1. The Labute approximate surface area is 142 Å². The molecule has 1 spiro atoms. The van der Waals surface area contributed by atoms with Gasteiger partial charge in [0.2, 0.25) is 5.91 Å². The summed E-state index contributed by atoms with van der Waals surface area (Å²) in [5, 5.41) is 2.86. The van der Waals surface area contributed by atoms with E-state index in [1.54, 1.807) is 12.3 Å². The average Bonchev–Trinajstić information content (AvgIpc) is 3.22. The molecule has 1 amide bonds. The van der Waals surface area contributed by atoms with Crippen molar-refractivity contribution in [1.82, 2.24) is 4.98 Å². The Morgan fingerprint density at radius 2 is 1.96 bits per heavy atom. The van der Waals surface area contributed by atoms with E-state index >= 15 is 0 Å². The molecule has 1 aromatic heterocycles. The van der Waals surface area contributed by atoms with Crippen LogP contribution in [0.25, 0.3) is 0 Å². The van der Waals surface area contributed by atoms with Crippen LogP contribution in [0.1, 0.15) is 12.8 Å². The quantitative estimate of drug-likeness (QED) is 0.650. The van der Waals surface area contributed by atoms with E-state index in [-0.39, 0.29) is 41.0 Å². The molecule has 4 atom stereocenters. The molecule has 3 aliphatic carbocycles. The number of amides is 1. The molecular weight excluding hydrogens is 360 g/mol. The molecule has 0 saturated heterocycles. The number of methoxy groups -OCH3 is 1. The number of hydrogen-bond donors (Lipinski definition) is 1. The third-order valence-corrected chi connectivity index (χ3v) is 6.07. The van der Waals surface area contributed by atoms with E-state index in [0.29, 0.717) is 5.82 Å². The Morgan fingerprint density at radius 3 is 2.52 bits per heavy atom. The zero-order chi connectivity index (χ0) is 16.2. The molecule has 0 aliphatic heterocycles. The number of hydrogen-bond acceptors (Lipinski definition) is 4. The van der Waals surface area contributed by atoms with E-state index in [4.69, 9.17) is 4.74 Å². The Balaban J connectivity index is 1.61. The minimum atomic E-state index is -0.382. The summed E-state index contributed by atoms with van der Waals surface area (Å²) in [7, 11) is 1.39. The molecule has 2 bridgehead atoms. The van der Waals surface area contributed by atoms with Crippen LogP contribution in [0.5, 0.6) is 0 Å². The predicted octanol–water partition coefficient (Wildman–Crippen LogP) is 2.78. The number of aromatic nitrogens is 1. The molecule has 23 heavy (non-hydrogen) atoms. The number of pyridine rings is 1. The van der Waals surface area contributed by atoms with E-state index < -0.39 is 0 Å². The van der Waals surface area contributed by atoms with Crippen LogP contribution in [0.3, 0.4) is 0 Å². The molecule has 5 nitrogen and oxygen atoms in total. The van der Waals surface area contributed by atoms with Gasteiger partial charge in [0.25, 0.3) is 0 Å². The molecule has 1 aromatic rings. The fraction of sp³-hybridized carbons (Fsp3) is 0.471.